The van der Waals surface area contributed by atoms with Crippen LogP contribution in [0.5, 0.6) is 11.5 Å². The normalized spacial score (nSPS) is 12.7. The smallest absolute Gasteiger partial charge is 0.258 e. The second-order valence-electron chi connectivity index (χ2n) is 7.51. The quantitative estimate of drug-likeness (QED) is 0.620. The van der Waals surface area contributed by atoms with Crippen molar-refractivity contribution >= 4 is 17.3 Å². The SMILES string of the molecule is CN(C(=O)c1ccc(Oc2ccccc2)cc1)c1ccc(N2CCCC2)cc1.CNC. The minimum atomic E-state index is -0.0415. The Kier molecular flexibility index (Phi) is 8.07. The van der Waals surface area contributed by atoms with Crippen LogP contribution < -0.4 is 19.9 Å². The van der Waals surface area contributed by atoms with Crippen LogP contribution in [0.1, 0.15) is 23.2 Å². The number of nitrogens with one attached hydrogen (secondary N) is 1. The number of ether oxygens (including phenoxy) is 1. The first-order valence-corrected chi connectivity index (χ1v) is 10.7. The minimum absolute atomic E-state index is 0.0415. The zero-order valence-corrected chi connectivity index (χ0v) is 18.5. The third-order valence-electron chi connectivity index (χ3n) is 5.09. The Morgan fingerprint density at radius 1 is 0.839 bits per heavy atom. The van der Waals surface area contributed by atoms with E-state index in [1.165, 1.54) is 18.5 Å². The van der Waals surface area contributed by atoms with Crippen LogP contribution in [0.2, 0.25) is 0 Å². The number of hydrogen-bond donors (Lipinski definition) is 1. The lowest BCUT2D eigenvalue weighted by molar-refractivity contribution is 0.0993. The number of anilines is 2. The van der Waals surface area contributed by atoms with E-state index in [1.807, 2.05) is 75.7 Å². The number of carbonyl (C=O) groups excluding carboxylic acids is 1. The number of carbonyl (C=O) groups is 1. The number of rotatable bonds is 5. The molecule has 1 amide bonds. The summed E-state index contributed by atoms with van der Waals surface area (Å²) in [4.78, 5) is 16.9. The Bertz CT molecular complexity index is 935. The largest absolute Gasteiger partial charge is 0.457 e. The van der Waals surface area contributed by atoms with Gasteiger partial charge >= 0.3 is 0 Å². The van der Waals surface area contributed by atoms with E-state index < -0.39 is 0 Å². The molecule has 162 valence electrons. The second kappa shape index (κ2) is 11.2. The Labute approximate surface area is 185 Å². The van der Waals surface area contributed by atoms with Gasteiger partial charge in [-0.3, -0.25) is 4.79 Å². The highest BCUT2D eigenvalue weighted by atomic mass is 16.5. The van der Waals surface area contributed by atoms with Gasteiger partial charge in [0.05, 0.1) is 0 Å². The monoisotopic (exact) mass is 417 g/mol. The van der Waals surface area contributed by atoms with Crippen LogP contribution in [0.25, 0.3) is 0 Å². The summed E-state index contributed by atoms with van der Waals surface area (Å²) >= 11 is 0. The molecule has 0 spiro atoms. The van der Waals surface area contributed by atoms with Crippen molar-refractivity contribution in [3.05, 3.63) is 84.4 Å². The lowest BCUT2D eigenvalue weighted by Gasteiger charge is -2.21. The van der Waals surface area contributed by atoms with Crippen molar-refractivity contribution in [1.82, 2.24) is 5.32 Å². The van der Waals surface area contributed by atoms with Gasteiger partial charge in [-0.05, 0) is 87.6 Å². The van der Waals surface area contributed by atoms with Crippen LogP contribution in [0.4, 0.5) is 11.4 Å². The average Bonchev–Trinajstić information content (AvgIpc) is 3.35. The van der Waals surface area contributed by atoms with Crippen molar-refractivity contribution < 1.29 is 9.53 Å². The highest BCUT2D eigenvalue weighted by Crippen LogP contribution is 2.25. The van der Waals surface area contributed by atoms with Gasteiger partial charge in [0.1, 0.15) is 11.5 Å². The highest BCUT2D eigenvalue weighted by Gasteiger charge is 2.16. The fraction of sp³-hybridized carbons (Fsp3) is 0.269. The van der Waals surface area contributed by atoms with Gasteiger partial charge in [-0.1, -0.05) is 18.2 Å². The summed E-state index contributed by atoms with van der Waals surface area (Å²) in [6, 6.07) is 25.1. The van der Waals surface area contributed by atoms with Gasteiger partial charge in [-0.2, -0.15) is 0 Å². The summed E-state index contributed by atoms with van der Waals surface area (Å²) < 4.78 is 5.79. The molecular weight excluding hydrogens is 386 g/mol. The fourth-order valence-electron chi connectivity index (χ4n) is 3.46. The molecule has 0 unspecified atom stereocenters. The van der Waals surface area contributed by atoms with E-state index in [0.29, 0.717) is 11.3 Å². The van der Waals surface area contributed by atoms with Crippen molar-refractivity contribution in [3.8, 4) is 11.5 Å². The Morgan fingerprint density at radius 2 is 1.39 bits per heavy atom. The Hall–Kier alpha value is -3.31. The molecule has 1 aliphatic heterocycles. The second-order valence-corrected chi connectivity index (χ2v) is 7.51. The molecule has 0 radical (unpaired) electrons. The number of hydrogen-bond acceptors (Lipinski definition) is 4. The third kappa shape index (κ3) is 6.09. The average molecular weight is 418 g/mol. The van der Waals surface area contributed by atoms with E-state index in [4.69, 9.17) is 4.74 Å². The molecule has 0 atom stereocenters. The molecule has 4 rings (SSSR count). The topological polar surface area (TPSA) is 44.8 Å². The molecule has 31 heavy (non-hydrogen) atoms. The molecule has 1 heterocycles. The molecule has 5 heteroatoms. The molecule has 5 nitrogen and oxygen atoms in total. The zero-order chi connectivity index (χ0) is 22.1. The lowest BCUT2D eigenvalue weighted by Crippen LogP contribution is -2.26. The zero-order valence-electron chi connectivity index (χ0n) is 18.5. The van der Waals surface area contributed by atoms with Crippen LogP contribution in [0, 0.1) is 0 Å². The Balaban J connectivity index is 0.000000858. The van der Waals surface area contributed by atoms with E-state index in [9.17, 15) is 4.79 Å². The Morgan fingerprint density at radius 3 is 1.97 bits per heavy atom. The molecular formula is C26H31N3O2. The van der Waals surface area contributed by atoms with E-state index in [0.717, 1.165) is 24.5 Å². The van der Waals surface area contributed by atoms with Crippen molar-refractivity contribution in [2.45, 2.75) is 12.8 Å². The van der Waals surface area contributed by atoms with Crippen LogP contribution in [-0.2, 0) is 0 Å². The summed E-state index contributed by atoms with van der Waals surface area (Å²) in [5.41, 5.74) is 2.74. The molecule has 3 aromatic rings. The van der Waals surface area contributed by atoms with Crippen molar-refractivity contribution in [2.75, 3.05) is 44.0 Å². The van der Waals surface area contributed by atoms with Gasteiger partial charge in [0.2, 0.25) is 0 Å². The number of nitrogens with zero attached hydrogens (tertiary/aromatic N) is 2. The summed E-state index contributed by atoms with van der Waals surface area (Å²) in [5, 5.41) is 2.75. The van der Waals surface area contributed by atoms with Crippen molar-refractivity contribution in [2.24, 2.45) is 0 Å². The van der Waals surface area contributed by atoms with Gasteiger partial charge in [-0.15, -0.1) is 0 Å². The van der Waals surface area contributed by atoms with Crippen LogP contribution in [0.3, 0.4) is 0 Å². The number of amides is 1. The van der Waals surface area contributed by atoms with Crippen LogP contribution in [-0.4, -0.2) is 40.1 Å². The first kappa shape index (κ1) is 22.4. The van der Waals surface area contributed by atoms with E-state index in [2.05, 4.69) is 22.3 Å². The molecule has 0 aliphatic carbocycles. The van der Waals surface area contributed by atoms with Gasteiger partial charge in [0.25, 0.3) is 5.91 Å². The number of benzene rings is 3. The molecule has 1 saturated heterocycles. The first-order chi connectivity index (χ1) is 15.1. The van der Waals surface area contributed by atoms with E-state index >= 15 is 0 Å². The highest BCUT2D eigenvalue weighted by molar-refractivity contribution is 6.05. The van der Waals surface area contributed by atoms with Crippen LogP contribution >= 0.6 is 0 Å². The minimum Gasteiger partial charge on any atom is -0.457 e. The van der Waals surface area contributed by atoms with E-state index in [-0.39, 0.29) is 5.91 Å². The van der Waals surface area contributed by atoms with Crippen molar-refractivity contribution in [3.63, 3.8) is 0 Å². The van der Waals surface area contributed by atoms with Gasteiger partial charge < -0.3 is 19.9 Å². The van der Waals surface area contributed by atoms with Crippen LogP contribution in [0.15, 0.2) is 78.9 Å². The third-order valence-corrected chi connectivity index (χ3v) is 5.09. The maximum atomic E-state index is 12.8. The maximum Gasteiger partial charge on any atom is 0.258 e. The maximum absolute atomic E-state index is 12.8. The molecule has 1 aliphatic rings. The molecule has 1 N–H and O–H groups in total. The lowest BCUT2D eigenvalue weighted by atomic mass is 10.1. The summed E-state index contributed by atoms with van der Waals surface area (Å²) in [5.74, 6) is 1.44. The van der Waals surface area contributed by atoms with Gasteiger partial charge in [-0.25, -0.2) is 0 Å². The first-order valence-electron chi connectivity index (χ1n) is 10.7. The molecule has 0 aromatic heterocycles. The predicted molar refractivity (Wildman–Crippen MR) is 129 cm³/mol. The summed E-state index contributed by atoms with van der Waals surface area (Å²) in [6.45, 7) is 2.23. The predicted octanol–water partition coefficient (Wildman–Crippen LogP) is 5.19. The molecule has 0 bridgehead atoms. The summed E-state index contributed by atoms with van der Waals surface area (Å²) in [6.07, 6.45) is 2.51. The summed E-state index contributed by atoms with van der Waals surface area (Å²) in [7, 11) is 5.56. The standard InChI is InChI=1S/C24H24N2O2.C2H7N/c1-25(20-11-13-21(14-12-20)26-17-5-6-18-26)24(27)19-9-15-23(16-10-19)28-22-7-3-2-4-8-22;1-3-2/h2-4,7-16H,5-6,17-18H2,1H3;3H,1-2H3. The van der Waals surface area contributed by atoms with Gasteiger partial charge in [0, 0.05) is 37.1 Å². The molecule has 0 saturated carbocycles. The molecule has 1 fully saturated rings. The molecule has 3 aromatic carbocycles. The van der Waals surface area contributed by atoms with E-state index in [1.54, 1.807) is 17.0 Å². The van der Waals surface area contributed by atoms with Gasteiger partial charge in [0.15, 0.2) is 0 Å². The number of para-hydroxylation sites is 1. The fourth-order valence-corrected chi connectivity index (χ4v) is 3.46. The van der Waals surface area contributed by atoms with Crippen molar-refractivity contribution in [1.29, 1.82) is 0 Å².